The summed E-state index contributed by atoms with van der Waals surface area (Å²) in [5.74, 6) is -3.36. The van der Waals surface area contributed by atoms with Crippen molar-refractivity contribution >= 4 is 34.7 Å². The van der Waals surface area contributed by atoms with Gasteiger partial charge in [-0.15, -0.1) is 5.10 Å². The highest BCUT2D eigenvalue weighted by Crippen LogP contribution is 2.52. The van der Waals surface area contributed by atoms with E-state index in [1.54, 1.807) is 41.5 Å². The molecule has 1 aliphatic rings. The lowest BCUT2D eigenvalue weighted by molar-refractivity contribution is -0.157. The first kappa shape index (κ1) is 22.8. The third-order valence-electron chi connectivity index (χ3n) is 3.92. The molecule has 1 amide bonds. The Morgan fingerprint density at radius 3 is 2.25 bits per heavy atom. The number of hydrogen-bond donors (Lipinski definition) is 1. The fourth-order valence-electron chi connectivity index (χ4n) is 2.66. The molecular formula is C17H25F2IN4O4. The second-order valence-electron chi connectivity index (χ2n) is 8.96. The number of nitrogens with one attached hydrogen (secondary N) is 1. The van der Waals surface area contributed by atoms with Crippen LogP contribution in [0.15, 0.2) is 0 Å². The number of rotatable bonds is 4. The fraction of sp³-hybridized carbons (Fsp3) is 0.765. The zero-order chi connectivity index (χ0) is 21.5. The molecule has 1 aromatic rings. The number of halogens is 3. The number of esters is 1. The lowest BCUT2D eigenvalue weighted by atomic mass is 9.71. The summed E-state index contributed by atoms with van der Waals surface area (Å²) in [5, 5.41) is 10.4. The highest BCUT2D eigenvalue weighted by molar-refractivity contribution is 14.1. The Hall–Kier alpha value is -1.53. The number of amides is 1. The predicted octanol–water partition coefficient (Wildman–Crippen LogP) is 3.58. The summed E-state index contributed by atoms with van der Waals surface area (Å²) in [6, 6.07) is 0. The zero-order valence-electron chi connectivity index (χ0n) is 16.7. The number of alkyl halides is 2. The molecule has 0 saturated heterocycles. The Bertz CT molecular complexity index is 760. The monoisotopic (exact) mass is 514 g/mol. The molecule has 0 radical (unpaired) electrons. The van der Waals surface area contributed by atoms with Crippen molar-refractivity contribution in [2.45, 2.75) is 78.2 Å². The van der Waals surface area contributed by atoms with Gasteiger partial charge in [-0.25, -0.2) is 18.3 Å². The zero-order valence-corrected chi connectivity index (χ0v) is 18.9. The molecule has 2 rings (SSSR count). The molecule has 1 aromatic heterocycles. The van der Waals surface area contributed by atoms with Crippen LogP contribution in [-0.4, -0.2) is 38.6 Å². The minimum absolute atomic E-state index is 0.191. The Labute approximate surface area is 175 Å². The van der Waals surface area contributed by atoms with E-state index in [1.807, 2.05) is 22.6 Å². The van der Waals surface area contributed by atoms with Crippen LogP contribution in [0.3, 0.4) is 0 Å². The maximum absolute atomic E-state index is 13.7. The van der Waals surface area contributed by atoms with Crippen LogP contribution in [0.4, 0.5) is 13.6 Å². The van der Waals surface area contributed by atoms with Crippen molar-refractivity contribution in [3.63, 3.8) is 0 Å². The van der Waals surface area contributed by atoms with E-state index in [-0.39, 0.29) is 12.4 Å². The van der Waals surface area contributed by atoms with Gasteiger partial charge in [0.05, 0.1) is 5.41 Å². The minimum atomic E-state index is -2.93. The van der Waals surface area contributed by atoms with Crippen molar-refractivity contribution in [3.8, 4) is 0 Å². The summed E-state index contributed by atoms with van der Waals surface area (Å²) < 4.78 is 39.5. The molecule has 1 heterocycles. The molecule has 1 N–H and O–H groups in total. The molecule has 1 fully saturated rings. The van der Waals surface area contributed by atoms with E-state index in [2.05, 4.69) is 15.6 Å². The second-order valence-corrected chi connectivity index (χ2v) is 9.98. The van der Waals surface area contributed by atoms with E-state index in [0.29, 0.717) is 3.70 Å². The largest absolute Gasteiger partial charge is 0.444 e. The lowest BCUT2D eigenvalue weighted by Gasteiger charge is -2.46. The van der Waals surface area contributed by atoms with Crippen molar-refractivity contribution < 1.29 is 27.8 Å². The molecule has 0 atom stereocenters. The number of hydrogen-bond acceptors (Lipinski definition) is 6. The third kappa shape index (κ3) is 5.29. The summed E-state index contributed by atoms with van der Waals surface area (Å²) in [4.78, 5) is 24.1. The average molecular weight is 514 g/mol. The first-order valence-electron chi connectivity index (χ1n) is 8.70. The maximum Gasteiger partial charge on any atom is 0.408 e. The summed E-state index contributed by atoms with van der Waals surface area (Å²) in [5.41, 5.74) is -2.67. The summed E-state index contributed by atoms with van der Waals surface area (Å²) in [6.07, 6.45) is -2.04. The predicted molar refractivity (Wildman–Crippen MR) is 104 cm³/mol. The Morgan fingerprint density at radius 2 is 1.79 bits per heavy atom. The normalized spacial score (nSPS) is 18.2. The van der Waals surface area contributed by atoms with E-state index in [1.165, 1.54) is 4.68 Å². The van der Waals surface area contributed by atoms with E-state index in [4.69, 9.17) is 9.47 Å². The molecule has 0 aromatic carbocycles. The van der Waals surface area contributed by atoms with Crippen LogP contribution in [0, 0.1) is 9.12 Å². The molecule has 158 valence electrons. The molecular weight excluding hydrogens is 489 g/mol. The molecule has 28 heavy (non-hydrogen) atoms. The van der Waals surface area contributed by atoms with E-state index >= 15 is 0 Å². The van der Waals surface area contributed by atoms with E-state index < -0.39 is 47.4 Å². The molecule has 1 aliphatic carbocycles. The first-order valence-corrected chi connectivity index (χ1v) is 9.78. The molecule has 0 aliphatic heterocycles. The lowest BCUT2D eigenvalue weighted by Crippen LogP contribution is -2.61. The van der Waals surface area contributed by atoms with Crippen molar-refractivity contribution in [1.82, 2.24) is 20.3 Å². The van der Waals surface area contributed by atoms with E-state index in [0.717, 1.165) is 0 Å². The van der Waals surface area contributed by atoms with Gasteiger partial charge in [0, 0.05) is 12.8 Å². The van der Waals surface area contributed by atoms with Gasteiger partial charge in [-0.3, -0.25) is 4.79 Å². The molecule has 8 nitrogen and oxygen atoms in total. The molecule has 0 bridgehead atoms. The number of aromatic nitrogens is 3. The Kier molecular flexibility index (Phi) is 5.99. The highest BCUT2D eigenvalue weighted by Gasteiger charge is 2.61. The van der Waals surface area contributed by atoms with Gasteiger partial charge in [0.25, 0.3) is 5.92 Å². The van der Waals surface area contributed by atoms with Crippen LogP contribution < -0.4 is 5.32 Å². The molecule has 0 unspecified atom stereocenters. The summed E-state index contributed by atoms with van der Waals surface area (Å²) >= 11 is 1.88. The maximum atomic E-state index is 13.7. The van der Waals surface area contributed by atoms with Crippen LogP contribution >= 0.6 is 22.6 Å². The van der Waals surface area contributed by atoms with Gasteiger partial charge in [0.1, 0.15) is 20.5 Å². The van der Waals surface area contributed by atoms with Gasteiger partial charge in [0.15, 0.2) is 6.73 Å². The van der Waals surface area contributed by atoms with Crippen LogP contribution in [-0.2, 0) is 26.5 Å². The van der Waals surface area contributed by atoms with Crippen molar-refractivity contribution in [2.24, 2.45) is 5.41 Å². The Morgan fingerprint density at radius 1 is 1.21 bits per heavy atom. The van der Waals surface area contributed by atoms with Crippen LogP contribution in [0.1, 0.15) is 60.1 Å². The van der Waals surface area contributed by atoms with Crippen LogP contribution in [0.2, 0.25) is 0 Å². The van der Waals surface area contributed by atoms with Gasteiger partial charge in [-0.1, -0.05) is 5.21 Å². The average Bonchev–Trinajstić information content (AvgIpc) is 2.80. The van der Waals surface area contributed by atoms with Crippen LogP contribution in [0.5, 0.6) is 0 Å². The van der Waals surface area contributed by atoms with Gasteiger partial charge in [-0.2, -0.15) is 0 Å². The molecule has 0 spiro atoms. The number of alkyl carbamates (subject to hydrolysis) is 1. The number of carbonyl (C=O) groups is 2. The van der Waals surface area contributed by atoms with Crippen LogP contribution in [0.25, 0.3) is 0 Å². The minimum Gasteiger partial charge on any atom is -0.444 e. The SMILES string of the molecule is CC(C)(C)OC(=O)NC1(c2nnn(COC(=O)C(C)(C)C)c2I)CC(F)(F)C1. The fourth-order valence-corrected chi connectivity index (χ4v) is 3.52. The van der Waals surface area contributed by atoms with Gasteiger partial charge in [-0.05, 0) is 64.1 Å². The third-order valence-corrected chi connectivity index (χ3v) is 4.99. The smallest absolute Gasteiger partial charge is 0.408 e. The van der Waals surface area contributed by atoms with Crippen molar-refractivity contribution in [1.29, 1.82) is 0 Å². The van der Waals surface area contributed by atoms with Gasteiger partial charge >= 0.3 is 12.1 Å². The van der Waals surface area contributed by atoms with Crippen molar-refractivity contribution in [2.75, 3.05) is 0 Å². The Balaban J connectivity index is 2.20. The number of carbonyl (C=O) groups excluding carboxylic acids is 2. The number of ether oxygens (including phenoxy) is 2. The quantitative estimate of drug-likeness (QED) is 0.488. The van der Waals surface area contributed by atoms with E-state index in [9.17, 15) is 18.4 Å². The van der Waals surface area contributed by atoms with Crippen molar-refractivity contribution in [3.05, 3.63) is 9.39 Å². The molecule has 11 heteroatoms. The second kappa shape index (κ2) is 7.38. The summed E-state index contributed by atoms with van der Waals surface area (Å²) in [7, 11) is 0. The standard InChI is InChI=1S/C17H25F2IN4O4/c1-14(2,3)12(25)27-9-24-11(20)10(22-23-24)16(7-17(18,19)8-16)21-13(26)28-15(4,5)6/h7-9H2,1-6H3,(H,21,26). The first-order chi connectivity index (χ1) is 12.5. The highest BCUT2D eigenvalue weighted by atomic mass is 127. The summed E-state index contributed by atoms with van der Waals surface area (Å²) in [6.45, 7) is 9.96. The van der Waals surface area contributed by atoms with Gasteiger partial charge in [0.2, 0.25) is 0 Å². The molecule has 1 saturated carbocycles. The topological polar surface area (TPSA) is 95.3 Å². The van der Waals surface area contributed by atoms with Gasteiger partial charge < -0.3 is 14.8 Å². The number of nitrogens with zero attached hydrogens (tertiary/aromatic N) is 3.